The Morgan fingerprint density at radius 2 is 2.08 bits per heavy atom. The lowest BCUT2D eigenvalue weighted by Gasteiger charge is -2.00. The van der Waals surface area contributed by atoms with E-state index in [4.69, 9.17) is 0 Å². The standard InChI is InChI=1S/C11H11NO/c1-8(13)11-7-9-5-3-4-6-10(9)12(11)2/h3-7,13H,1H2,2H3. The van der Waals surface area contributed by atoms with Crippen LogP contribution in [0.3, 0.4) is 0 Å². The zero-order valence-electron chi connectivity index (χ0n) is 7.49. The number of rotatable bonds is 1. The van der Waals surface area contributed by atoms with Gasteiger partial charge in [-0.25, -0.2) is 0 Å². The number of aryl methyl sites for hydroxylation is 1. The summed E-state index contributed by atoms with van der Waals surface area (Å²) in [5.74, 6) is 0.110. The van der Waals surface area contributed by atoms with Crippen molar-refractivity contribution >= 4 is 16.7 Å². The highest BCUT2D eigenvalue weighted by Crippen LogP contribution is 2.21. The van der Waals surface area contributed by atoms with Gasteiger partial charge < -0.3 is 9.67 Å². The number of hydrogen-bond donors (Lipinski definition) is 1. The zero-order chi connectivity index (χ0) is 9.42. The molecule has 2 nitrogen and oxygen atoms in total. The quantitative estimate of drug-likeness (QED) is 0.659. The number of aliphatic hydroxyl groups excluding tert-OH is 1. The number of fused-ring (bicyclic) bond motifs is 1. The molecule has 2 rings (SSSR count). The van der Waals surface area contributed by atoms with Gasteiger partial charge >= 0.3 is 0 Å². The molecule has 13 heavy (non-hydrogen) atoms. The van der Waals surface area contributed by atoms with Crippen molar-refractivity contribution in [2.45, 2.75) is 0 Å². The second kappa shape index (κ2) is 2.66. The third-order valence-corrected chi connectivity index (χ3v) is 2.25. The molecule has 0 aliphatic rings. The van der Waals surface area contributed by atoms with Gasteiger partial charge in [0, 0.05) is 18.0 Å². The maximum absolute atomic E-state index is 9.29. The number of aromatic nitrogens is 1. The van der Waals surface area contributed by atoms with Gasteiger partial charge in [-0.3, -0.25) is 0 Å². The normalized spacial score (nSPS) is 10.5. The van der Waals surface area contributed by atoms with E-state index in [-0.39, 0.29) is 5.76 Å². The van der Waals surface area contributed by atoms with E-state index in [1.165, 1.54) is 0 Å². The van der Waals surface area contributed by atoms with E-state index >= 15 is 0 Å². The molecule has 0 bridgehead atoms. The molecule has 0 unspecified atom stereocenters. The highest BCUT2D eigenvalue weighted by Gasteiger charge is 2.05. The summed E-state index contributed by atoms with van der Waals surface area (Å²) in [6, 6.07) is 9.92. The smallest absolute Gasteiger partial charge is 0.132 e. The second-order valence-corrected chi connectivity index (χ2v) is 3.09. The first-order valence-electron chi connectivity index (χ1n) is 4.13. The van der Waals surface area contributed by atoms with Gasteiger partial charge in [-0.05, 0) is 12.1 Å². The van der Waals surface area contributed by atoms with Gasteiger partial charge in [0.05, 0.1) is 5.69 Å². The minimum atomic E-state index is 0.110. The Kier molecular flexibility index (Phi) is 1.62. The molecule has 0 radical (unpaired) electrons. The van der Waals surface area contributed by atoms with E-state index in [0.717, 1.165) is 16.6 Å². The van der Waals surface area contributed by atoms with Crippen LogP contribution in [0.15, 0.2) is 36.9 Å². The molecule has 1 heterocycles. The molecule has 0 saturated carbocycles. The first-order valence-corrected chi connectivity index (χ1v) is 4.13. The Hall–Kier alpha value is -1.70. The maximum atomic E-state index is 9.29. The predicted molar refractivity (Wildman–Crippen MR) is 54.6 cm³/mol. The van der Waals surface area contributed by atoms with Gasteiger partial charge in [0.15, 0.2) is 0 Å². The third-order valence-electron chi connectivity index (χ3n) is 2.25. The molecule has 1 N–H and O–H groups in total. The molecule has 0 fully saturated rings. The molecule has 2 aromatic rings. The average molecular weight is 173 g/mol. The molecule has 0 aliphatic carbocycles. The lowest BCUT2D eigenvalue weighted by molar-refractivity contribution is 0.507. The minimum Gasteiger partial charge on any atom is -0.506 e. The van der Waals surface area contributed by atoms with Crippen molar-refractivity contribution in [3.63, 3.8) is 0 Å². The van der Waals surface area contributed by atoms with Crippen molar-refractivity contribution in [3.05, 3.63) is 42.6 Å². The Labute approximate surface area is 76.7 Å². The minimum absolute atomic E-state index is 0.110. The number of benzene rings is 1. The van der Waals surface area contributed by atoms with Crippen LogP contribution in [0.5, 0.6) is 0 Å². The summed E-state index contributed by atoms with van der Waals surface area (Å²) in [6.45, 7) is 3.52. The fourth-order valence-corrected chi connectivity index (χ4v) is 1.57. The largest absolute Gasteiger partial charge is 0.506 e. The fourth-order valence-electron chi connectivity index (χ4n) is 1.57. The lowest BCUT2D eigenvalue weighted by atomic mass is 10.2. The predicted octanol–water partition coefficient (Wildman–Crippen LogP) is 2.71. The summed E-state index contributed by atoms with van der Waals surface area (Å²) < 4.78 is 1.93. The Balaban J connectivity index is 2.81. The number of nitrogens with zero attached hydrogens (tertiary/aromatic N) is 1. The molecule has 1 aromatic carbocycles. The summed E-state index contributed by atoms with van der Waals surface area (Å²) in [6.07, 6.45) is 0. The monoisotopic (exact) mass is 173 g/mol. The van der Waals surface area contributed by atoms with Crippen LogP contribution in [0.2, 0.25) is 0 Å². The molecule has 66 valence electrons. The van der Waals surface area contributed by atoms with Crippen LogP contribution >= 0.6 is 0 Å². The molecule has 0 atom stereocenters. The van der Waals surface area contributed by atoms with Crippen molar-refractivity contribution in [2.24, 2.45) is 7.05 Å². The highest BCUT2D eigenvalue weighted by molar-refractivity contribution is 5.84. The van der Waals surface area contributed by atoms with Gasteiger partial charge in [0.25, 0.3) is 0 Å². The molecule has 0 saturated heterocycles. The molecule has 1 aromatic heterocycles. The van der Waals surface area contributed by atoms with Crippen LogP contribution < -0.4 is 0 Å². The van der Waals surface area contributed by atoms with E-state index in [1.807, 2.05) is 41.9 Å². The van der Waals surface area contributed by atoms with E-state index in [9.17, 15) is 5.11 Å². The summed E-state index contributed by atoms with van der Waals surface area (Å²) in [5, 5.41) is 10.4. The summed E-state index contributed by atoms with van der Waals surface area (Å²) in [5.41, 5.74) is 1.87. The van der Waals surface area contributed by atoms with E-state index in [1.54, 1.807) is 0 Å². The van der Waals surface area contributed by atoms with Crippen molar-refractivity contribution in [3.8, 4) is 0 Å². The average Bonchev–Trinajstić information content (AvgIpc) is 2.45. The Morgan fingerprint density at radius 3 is 2.69 bits per heavy atom. The maximum Gasteiger partial charge on any atom is 0.132 e. The summed E-state index contributed by atoms with van der Waals surface area (Å²) >= 11 is 0. The molecule has 2 heteroatoms. The van der Waals surface area contributed by atoms with Gasteiger partial charge in [-0.2, -0.15) is 0 Å². The fraction of sp³-hybridized carbons (Fsp3) is 0.0909. The van der Waals surface area contributed by atoms with Crippen LogP contribution in [0, 0.1) is 0 Å². The van der Waals surface area contributed by atoms with Crippen LogP contribution in [-0.4, -0.2) is 9.67 Å². The summed E-state index contributed by atoms with van der Waals surface area (Å²) in [4.78, 5) is 0. The van der Waals surface area contributed by atoms with E-state index in [0.29, 0.717) is 0 Å². The van der Waals surface area contributed by atoms with Crippen LogP contribution in [0.1, 0.15) is 5.69 Å². The van der Waals surface area contributed by atoms with Crippen LogP contribution in [0.4, 0.5) is 0 Å². The molecule has 0 aliphatic heterocycles. The topological polar surface area (TPSA) is 25.2 Å². The van der Waals surface area contributed by atoms with E-state index < -0.39 is 0 Å². The van der Waals surface area contributed by atoms with Crippen molar-refractivity contribution in [1.82, 2.24) is 4.57 Å². The van der Waals surface area contributed by atoms with Crippen molar-refractivity contribution in [2.75, 3.05) is 0 Å². The van der Waals surface area contributed by atoms with Gasteiger partial charge in [-0.1, -0.05) is 24.8 Å². The summed E-state index contributed by atoms with van der Waals surface area (Å²) in [7, 11) is 1.92. The number of aliphatic hydroxyl groups is 1. The van der Waals surface area contributed by atoms with Crippen molar-refractivity contribution < 1.29 is 5.11 Å². The van der Waals surface area contributed by atoms with Crippen LogP contribution in [-0.2, 0) is 7.05 Å². The molecule has 0 amide bonds. The van der Waals surface area contributed by atoms with E-state index in [2.05, 4.69) is 6.58 Å². The van der Waals surface area contributed by atoms with Crippen molar-refractivity contribution in [1.29, 1.82) is 0 Å². The Bertz CT molecular complexity index is 468. The van der Waals surface area contributed by atoms with Crippen LogP contribution in [0.25, 0.3) is 16.7 Å². The molecular formula is C11H11NO. The van der Waals surface area contributed by atoms with Gasteiger partial charge in [0.2, 0.25) is 0 Å². The first-order chi connectivity index (χ1) is 6.20. The number of hydrogen-bond acceptors (Lipinski definition) is 1. The lowest BCUT2D eigenvalue weighted by Crippen LogP contribution is -1.93. The zero-order valence-corrected chi connectivity index (χ0v) is 7.49. The first kappa shape index (κ1) is 7.92. The Morgan fingerprint density at radius 1 is 1.38 bits per heavy atom. The third kappa shape index (κ3) is 1.11. The van der Waals surface area contributed by atoms with Gasteiger partial charge in [0.1, 0.15) is 5.76 Å². The SMILES string of the molecule is C=C(O)c1cc2ccccc2n1C. The number of para-hydroxylation sites is 1. The van der Waals surface area contributed by atoms with Gasteiger partial charge in [-0.15, -0.1) is 0 Å². The highest BCUT2D eigenvalue weighted by atomic mass is 16.3. The molecular weight excluding hydrogens is 162 g/mol. The molecule has 0 spiro atoms. The second-order valence-electron chi connectivity index (χ2n) is 3.09.